The molecular weight excluding hydrogens is 166 g/mol. The lowest BCUT2D eigenvalue weighted by molar-refractivity contribution is -0.111. The van der Waals surface area contributed by atoms with Crippen molar-refractivity contribution in [3.63, 3.8) is 0 Å². The Morgan fingerprint density at radius 1 is 1.50 bits per heavy atom. The van der Waals surface area contributed by atoms with E-state index in [-0.39, 0.29) is 0 Å². The zero-order valence-corrected chi connectivity index (χ0v) is 7.40. The fraction of sp³-hybridized carbons (Fsp3) is 0.833. The third-order valence-corrected chi connectivity index (χ3v) is 3.10. The molecule has 1 heterocycles. The Hall–Kier alpha value is 0.330. The molecule has 0 aromatic rings. The predicted molar refractivity (Wildman–Crippen MR) is 46.9 cm³/mol. The van der Waals surface area contributed by atoms with Gasteiger partial charge in [0.1, 0.15) is 6.29 Å². The Morgan fingerprint density at radius 2 is 2.10 bits per heavy atom. The Bertz CT molecular complexity index is 112. The van der Waals surface area contributed by atoms with Crippen molar-refractivity contribution in [1.82, 2.24) is 4.31 Å². The summed E-state index contributed by atoms with van der Waals surface area (Å²) in [5.41, 5.74) is 0. The first-order valence-electron chi connectivity index (χ1n) is 3.38. The molecule has 0 aromatic carbocycles. The first-order chi connectivity index (χ1) is 4.86. The van der Waals surface area contributed by atoms with Gasteiger partial charge in [-0.15, -0.1) is 0 Å². The molecule has 0 saturated carbocycles. The van der Waals surface area contributed by atoms with Crippen LogP contribution in [-0.4, -0.2) is 23.7 Å². The molecule has 0 spiro atoms. The van der Waals surface area contributed by atoms with Crippen molar-refractivity contribution in [2.45, 2.75) is 12.8 Å². The van der Waals surface area contributed by atoms with Crippen molar-refractivity contribution < 1.29 is 4.79 Å². The van der Waals surface area contributed by atoms with E-state index in [2.05, 4.69) is 16.0 Å². The highest BCUT2D eigenvalue weighted by molar-refractivity contribution is 8.67. The van der Waals surface area contributed by atoms with Crippen LogP contribution >= 0.6 is 22.6 Å². The van der Waals surface area contributed by atoms with Crippen molar-refractivity contribution in [3.8, 4) is 0 Å². The largest absolute Gasteiger partial charge is 0.303 e. The molecule has 1 aliphatic rings. The molecule has 1 fully saturated rings. The molecule has 1 saturated heterocycles. The quantitative estimate of drug-likeness (QED) is 0.298. The monoisotopic (exact) mass is 177 g/mol. The Kier molecular flexibility index (Phi) is 3.59. The number of nitrogens with zero attached hydrogens (tertiary/aromatic N) is 1. The number of piperidine rings is 1. The topological polar surface area (TPSA) is 20.3 Å². The van der Waals surface area contributed by atoms with Crippen LogP contribution in [-0.2, 0) is 4.79 Å². The molecule has 0 aliphatic carbocycles. The van der Waals surface area contributed by atoms with Gasteiger partial charge in [-0.1, -0.05) is 11.7 Å². The predicted octanol–water partition coefficient (Wildman–Crippen LogP) is 1.39. The minimum Gasteiger partial charge on any atom is -0.303 e. The lowest BCUT2D eigenvalue weighted by Crippen LogP contribution is -2.28. The lowest BCUT2D eigenvalue weighted by atomic mass is 10.0. The van der Waals surface area contributed by atoms with E-state index in [4.69, 9.17) is 0 Å². The van der Waals surface area contributed by atoms with Crippen LogP contribution < -0.4 is 0 Å². The third-order valence-electron chi connectivity index (χ3n) is 1.81. The number of carbonyl (C=O) groups is 1. The average molecular weight is 177 g/mol. The van der Waals surface area contributed by atoms with E-state index in [1.807, 2.05) is 0 Å². The first-order valence-corrected chi connectivity index (χ1v) is 5.21. The van der Waals surface area contributed by atoms with Crippen LogP contribution in [0, 0.1) is 5.92 Å². The number of thiol groups is 1. The van der Waals surface area contributed by atoms with Gasteiger partial charge in [-0.05, 0) is 23.8 Å². The maximum Gasteiger partial charge on any atom is 0.123 e. The van der Waals surface area contributed by atoms with Gasteiger partial charge in [-0.25, -0.2) is 4.31 Å². The number of hydrogen-bond donors (Lipinski definition) is 1. The van der Waals surface area contributed by atoms with Crippen LogP contribution in [0.5, 0.6) is 0 Å². The van der Waals surface area contributed by atoms with E-state index in [1.165, 1.54) is 11.0 Å². The summed E-state index contributed by atoms with van der Waals surface area (Å²) < 4.78 is 2.17. The molecule has 0 bridgehead atoms. The second-order valence-electron chi connectivity index (χ2n) is 2.48. The van der Waals surface area contributed by atoms with Crippen molar-refractivity contribution >= 4 is 28.9 Å². The van der Waals surface area contributed by atoms with Crippen LogP contribution in [0.25, 0.3) is 0 Å². The van der Waals surface area contributed by atoms with Crippen molar-refractivity contribution in [1.29, 1.82) is 0 Å². The van der Waals surface area contributed by atoms with Crippen LogP contribution in [0.1, 0.15) is 12.8 Å². The van der Waals surface area contributed by atoms with E-state index in [9.17, 15) is 4.79 Å². The number of rotatable bonds is 2. The van der Waals surface area contributed by atoms with Gasteiger partial charge in [-0.3, -0.25) is 0 Å². The van der Waals surface area contributed by atoms with E-state index < -0.39 is 0 Å². The first kappa shape index (κ1) is 8.43. The van der Waals surface area contributed by atoms with Gasteiger partial charge in [0, 0.05) is 19.0 Å². The second kappa shape index (κ2) is 4.26. The van der Waals surface area contributed by atoms with Gasteiger partial charge in [0.2, 0.25) is 0 Å². The van der Waals surface area contributed by atoms with Gasteiger partial charge in [0.15, 0.2) is 0 Å². The van der Waals surface area contributed by atoms with Gasteiger partial charge in [0.25, 0.3) is 0 Å². The van der Waals surface area contributed by atoms with Gasteiger partial charge >= 0.3 is 0 Å². The Balaban J connectivity index is 2.23. The van der Waals surface area contributed by atoms with E-state index in [0.717, 1.165) is 32.2 Å². The molecule has 2 nitrogen and oxygen atoms in total. The normalized spacial score (nSPS) is 22.9. The highest BCUT2D eigenvalue weighted by Gasteiger charge is 2.17. The summed E-state index contributed by atoms with van der Waals surface area (Å²) in [5, 5.41) is 0. The van der Waals surface area contributed by atoms with Gasteiger partial charge < -0.3 is 4.79 Å². The summed E-state index contributed by atoms with van der Waals surface area (Å²) in [6, 6.07) is 0. The molecule has 1 rings (SSSR count). The molecule has 0 aromatic heterocycles. The lowest BCUT2D eigenvalue weighted by Gasteiger charge is -2.26. The van der Waals surface area contributed by atoms with Gasteiger partial charge in [-0.2, -0.15) is 0 Å². The Labute approximate surface area is 70.3 Å². The van der Waals surface area contributed by atoms with Crippen molar-refractivity contribution in [2.24, 2.45) is 5.92 Å². The summed E-state index contributed by atoms with van der Waals surface area (Å²) >= 11 is 4.08. The van der Waals surface area contributed by atoms with Crippen LogP contribution in [0.3, 0.4) is 0 Å². The zero-order valence-electron chi connectivity index (χ0n) is 5.69. The standard InChI is InChI=1S/C6H11NOS2/c8-5-6-1-3-7(10-9)4-2-6/h5-6,9H,1-4H2. The molecule has 10 heavy (non-hydrogen) atoms. The summed E-state index contributed by atoms with van der Waals surface area (Å²) in [6.45, 7) is 2.00. The fourth-order valence-electron chi connectivity index (χ4n) is 1.09. The zero-order chi connectivity index (χ0) is 7.40. The fourth-order valence-corrected chi connectivity index (χ4v) is 1.96. The summed E-state index contributed by atoms with van der Waals surface area (Å²) in [5.74, 6) is 0.303. The summed E-state index contributed by atoms with van der Waals surface area (Å²) in [7, 11) is 1.47. The van der Waals surface area contributed by atoms with E-state index in [0.29, 0.717) is 5.92 Å². The SMILES string of the molecule is O=CC1CCN(SS)CC1. The number of hydrogen-bond acceptors (Lipinski definition) is 4. The van der Waals surface area contributed by atoms with Crippen molar-refractivity contribution in [3.05, 3.63) is 0 Å². The van der Waals surface area contributed by atoms with Crippen molar-refractivity contribution in [2.75, 3.05) is 13.1 Å². The van der Waals surface area contributed by atoms with E-state index >= 15 is 0 Å². The maximum atomic E-state index is 10.3. The molecule has 0 unspecified atom stereocenters. The smallest absolute Gasteiger partial charge is 0.123 e. The van der Waals surface area contributed by atoms with Gasteiger partial charge in [0.05, 0.1) is 0 Å². The third kappa shape index (κ3) is 2.18. The molecule has 0 N–H and O–H groups in total. The molecule has 4 heteroatoms. The molecule has 0 atom stereocenters. The molecule has 0 amide bonds. The molecule has 1 aliphatic heterocycles. The summed E-state index contributed by atoms with van der Waals surface area (Å²) in [4.78, 5) is 10.3. The highest BCUT2D eigenvalue weighted by atomic mass is 33.1. The minimum absolute atomic E-state index is 0.303. The number of aldehydes is 1. The maximum absolute atomic E-state index is 10.3. The highest BCUT2D eigenvalue weighted by Crippen LogP contribution is 2.22. The summed E-state index contributed by atoms with van der Waals surface area (Å²) in [6.07, 6.45) is 3.06. The Morgan fingerprint density at radius 3 is 2.50 bits per heavy atom. The van der Waals surface area contributed by atoms with E-state index in [1.54, 1.807) is 0 Å². The second-order valence-corrected chi connectivity index (χ2v) is 3.65. The minimum atomic E-state index is 0.303. The number of carbonyl (C=O) groups excluding carboxylic acids is 1. The van der Waals surface area contributed by atoms with Crippen LogP contribution in [0.4, 0.5) is 0 Å². The molecule has 0 radical (unpaired) electrons. The molecule has 58 valence electrons. The van der Waals surface area contributed by atoms with Crippen LogP contribution in [0.2, 0.25) is 0 Å². The molecular formula is C6H11NOS2. The average Bonchev–Trinajstić information content (AvgIpc) is 2.05. The van der Waals surface area contributed by atoms with Crippen LogP contribution in [0.15, 0.2) is 0 Å².